The van der Waals surface area contributed by atoms with Gasteiger partial charge in [0.2, 0.25) is 0 Å². The molecule has 0 amide bonds. The van der Waals surface area contributed by atoms with E-state index >= 15 is 0 Å². The first-order valence-electron chi connectivity index (χ1n) is 4.87. The highest BCUT2D eigenvalue weighted by atomic mass is 16.6. The molecule has 1 heterocycles. The van der Waals surface area contributed by atoms with Crippen LogP contribution in [0.1, 0.15) is 11.1 Å². The van der Waals surface area contributed by atoms with Gasteiger partial charge in [0.15, 0.2) is 0 Å². The fourth-order valence-electron chi connectivity index (χ4n) is 1.47. The summed E-state index contributed by atoms with van der Waals surface area (Å²) < 4.78 is 10.8. The number of benzene rings is 1. The Hall–Kier alpha value is -1.55. The fourth-order valence-corrected chi connectivity index (χ4v) is 1.47. The Bertz CT molecular complexity index is 386. The normalized spacial score (nSPS) is 15.8. The Morgan fingerprint density at radius 2 is 2.27 bits per heavy atom. The van der Waals surface area contributed by atoms with E-state index in [1.54, 1.807) is 6.07 Å². The topological polar surface area (TPSA) is 68.3 Å². The van der Waals surface area contributed by atoms with E-state index in [2.05, 4.69) is 0 Å². The molecule has 80 valence electrons. The van der Waals surface area contributed by atoms with Crippen LogP contribution >= 0.6 is 0 Å². The van der Waals surface area contributed by atoms with Crippen molar-refractivity contribution in [3.05, 3.63) is 29.3 Å². The standard InChI is InChI=1S/C11H14N2O2/c1-7-3-2-4-9(11(12)13)10(7)15-8-5-14-6-8/h2-4,8H,5-6H2,1H3,(H3,12,13). The molecule has 4 heteroatoms. The molecule has 1 aliphatic heterocycles. The monoisotopic (exact) mass is 206 g/mol. The summed E-state index contributed by atoms with van der Waals surface area (Å²) in [6, 6.07) is 5.61. The van der Waals surface area contributed by atoms with E-state index < -0.39 is 0 Å². The van der Waals surface area contributed by atoms with Gasteiger partial charge in [-0.3, -0.25) is 5.41 Å². The molecule has 0 atom stereocenters. The Kier molecular flexibility index (Phi) is 2.60. The molecule has 1 aromatic carbocycles. The van der Waals surface area contributed by atoms with Crippen molar-refractivity contribution in [3.8, 4) is 5.75 Å². The minimum absolute atomic E-state index is 0.0361. The van der Waals surface area contributed by atoms with Crippen LogP contribution in [0.4, 0.5) is 0 Å². The molecule has 15 heavy (non-hydrogen) atoms. The van der Waals surface area contributed by atoms with Gasteiger partial charge in [-0.1, -0.05) is 12.1 Å². The molecule has 1 aliphatic rings. The smallest absolute Gasteiger partial charge is 0.145 e. The number of para-hydroxylation sites is 1. The van der Waals surface area contributed by atoms with Crippen LogP contribution in [0, 0.1) is 12.3 Å². The Labute approximate surface area is 88.5 Å². The van der Waals surface area contributed by atoms with Crippen LogP contribution in [0.5, 0.6) is 5.75 Å². The van der Waals surface area contributed by atoms with Crippen molar-refractivity contribution in [2.75, 3.05) is 13.2 Å². The number of nitrogens with one attached hydrogen (secondary N) is 1. The number of ether oxygens (including phenoxy) is 2. The zero-order chi connectivity index (χ0) is 10.8. The average Bonchev–Trinajstić information content (AvgIpc) is 2.12. The van der Waals surface area contributed by atoms with Gasteiger partial charge in [-0.2, -0.15) is 0 Å². The van der Waals surface area contributed by atoms with E-state index in [0.717, 1.165) is 5.56 Å². The van der Waals surface area contributed by atoms with Crippen LogP contribution in [0.3, 0.4) is 0 Å². The van der Waals surface area contributed by atoms with Crippen molar-refractivity contribution in [2.45, 2.75) is 13.0 Å². The van der Waals surface area contributed by atoms with Gasteiger partial charge in [0, 0.05) is 0 Å². The lowest BCUT2D eigenvalue weighted by Gasteiger charge is -2.28. The molecule has 0 aromatic heterocycles. The summed E-state index contributed by atoms with van der Waals surface area (Å²) in [6.07, 6.45) is 0.101. The third-order valence-corrected chi connectivity index (χ3v) is 2.39. The summed E-state index contributed by atoms with van der Waals surface area (Å²) >= 11 is 0. The summed E-state index contributed by atoms with van der Waals surface area (Å²) in [4.78, 5) is 0. The molecule has 0 spiro atoms. The van der Waals surface area contributed by atoms with Gasteiger partial charge in [0.1, 0.15) is 17.7 Å². The zero-order valence-electron chi connectivity index (χ0n) is 8.62. The van der Waals surface area contributed by atoms with Crippen LogP contribution < -0.4 is 10.5 Å². The first-order chi connectivity index (χ1) is 7.18. The van der Waals surface area contributed by atoms with Crippen molar-refractivity contribution in [3.63, 3.8) is 0 Å². The van der Waals surface area contributed by atoms with Crippen LogP contribution in [0.15, 0.2) is 18.2 Å². The number of hydrogen-bond donors (Lipinski definition) is 2. The molecule has 1 aromatic rings. The van der Waals surface area contributed by atoms with Crippen molar-refractivity contribution >= 4 is 5.84 Å². The van der Waals surface area contributed by atoms with Crippen LogP contribution in [-0.2, 0) is 4.74 Å². The first-order valence-corrected chi connectivity index (χ1v) is 4.87. The summed E-state index contributed by atoms with van der Waals surface area (Å²) in [5.74, 6) is 0.743. The van der Waals surface area contributed by atoms with Crippen molar-refractivity contribution < 1.29 is 9.47 Å². The quantitative estimate of drug-likeness (QED) is 0.574. The van der Waals surface area contributed by atoms with Gasteiger partial charge >= 0.3 is 0 Å². The van der Waals surface area contributed by atoms with Gasteiger partial charge in [-0.15, -0.1) is 0 Å². The third-order valence-electron chi connectivity index (χ3n) is 2.39. The SMILES string of the molecule is Cc1cccc(C(=N)N)c1OC1COC1. The minimum atomic E-state index is 0.0361. The fraction of sp³-hybridized carbons (Fsp3) is 0.364. The van der Waals surface area contributed by atoms with Gasteiger partial charge in [-0.25, -0.2) is 0 Å². The molecule has 3 N–H and O–H groups in total. The highest BCUT2D eigenvalue weighted by Crippen LogP contribution is 2.25. The van der Waals surface area contributed by atoms with Crippen LogP contribution in [-0.4, -0.2) is 25.2 Å². The van der Waals surface area contributed by atoms with E-state index in [-0.39, 0.29) is 11.9 Å². The zero-order valence-corrected chi connectivity index (χ0v) is 8.62. The predicted octanol–water partition coefficient (Wildman–Crippen LogP) is 1.06. The molecule has 1 fully saturated rings. The average molecular weight is 206 g/mol. The summed E-state index contributed by atoms with van der Waals surface area (Å²) in [7, 11) is 0. The second kappa shape index (κ2) is 3.90. The number of rotatable bonds is 3. The maximum Gasteiger partial charge on any atom is 0.145 e. The van der Waals surface area contributed by atoms with E-state index in [0.29, 0.717) is 24.5 Å². The van der Waals surface area contributed by atoms with Crippen LogP contribution in [0.25, 0.3) is 0 Å². The number of nitrogens with two attached hydrogens (primary N) is 1. The van der Waals surface area contributed by atoms with Gasteiger partial charge in [0.05, 0.1) is 18.8 Å². The van der Waals surface area contributed by atoms with E-state index in [4.69, 9.17) is 20.6 Å². The highest BCUT2D eigenvalue weighted by Gasteiger charge is 2.22. The number of hydrogen-bond acceptors (Lipinski definition) is 3. The maximum absolute atomic E-state index is 7.46. The van der Waals surface area contributed by atoms with E-state index in [1.807, 2.05) is 19.1 Å². The summed E-state index contributed by atoms with van der Waals surface area (Å²) in [5.41, 5.74) is 7.14. The Morgan fingerprint density at radius 1 is 1.53 bits per heavy atom. The van der Waals surface area contributed by atoms with Crippen LogP contribution in [0.2, 0.25) is 0 Å². The van der Waals surface area contributed by atoms with Gasteiger partial charge in [-0.05, 0) is 18.6 Å². The van der Waals surface area contributed by atoms with Gasteiger partial charge in [0.25, 0.3) is 0 Å². The lowest BCUT2D eigenvalue weighted by molar-refractivity contribution is -0.0799. The third kappa shape index (κ3) is 1.94. The van der Waals surface area contributed by atoms with E-state index in [9.17, 15) is 0 Å². The second-order valence-electron chi connectivity index (χ2n) is 3.64. The van der Waals surface area contributed by atoms with Gasteiger partial charge < -0.3 is 15.2 Å². The maximum atomic E-state index is 7.46. The molecule has 0 radical (unpaired) electrons. The lowest BCUT2D eigenvalue weighted by Crippen LogP contribution is -2.39. The van der Waals surface area contributed by atoms with Crippen molar-refractivity contribution in [1.82, 2.24) is 0 Å². The molecule has 0 aliphatic carbocycles. The predicted molar refractivity (Wildman–Crippen MR) is 57.4 cm³/mol. The van der Waals surface area contributed by atoms with Crippen molar-refractivity contribution in [1.29, 1.82) is 5.41 Å². The number of aryl methyl sites for hydroxylation is 1. The molecule has 4 nitrogen and oxygen atoms in total. The Balaban J connectivity index is 2.29. The molecule has 2 rings (SSSR count). The molecule has 0 unspecified atom stereocenters. The number of nitrogen functional groups attached to an aromatic ring is 1. The first kappa shape index (κ1) is 9.98. The highest BCUT2D eigenvalue weighted by molar-refractivity contribution is 5.98. The molecular weight excluding hydrogens is 192 g/mol. The summed E-state index contributed by atoms with van der Waals surface area (Å²) in [5, 5.41) is 7.46. The molecule has 1 saturated heterocycles. The van der Waals surface area contributed by atoms with Crippen molar-refractivity contribution in [2.24, 2.45) is 5.73 Å². The molecule has 0 bridgehead atoms. The summed E-state index contributed by atoms with van der Waals surface area (Å²) in [6.45, 7) is 3.18. The van der Waals surface area contributed by atoms with E-state index in [1.165, 1.54) is 0 Å². The number of amidine groups is 1. The minimum Gasteiger partial charge on any atom is -0.485 e. The molecular formula is C11H14N2O2. The largest absolute Gasteiger partial charge is 0.485 e. The lowest BCUT2D eigenvalue weighted by atomic mass is 10.1. The molecule has 0 saturated carbocycles. The second-order valence-corrected chi connectivity index (χ2v) is 3.64. The Morgan fingerprint density at radius 3 is 2.80 bits per heavy atom.